The molecule has 0 aliphatic heterocycles. The fourth-order valence-corrected chi connectivity index (χ4v) is 1.71. The smallest absolute Gasteiger partial charge is 0.185 e. The molecule has 0 spiro atoms. The third-order valence-electron chi connectivity index (χ3n) is 2.73. The Labute approximate surface area is 115 Å². The first-order valence-electron chi connectivity index (χ1n) is 5.95. The summed E-state index contributed by atoms with van der Waals surface area (Å²) in [6, 6.07) is 10.5. The van der Waals surface area contributed by atoms with Crippen LogP contribution < -0.4 is 4.74 Å². The van der Waals surface area contributed by atoms with Gasteiger partial charge in [-0.3, -0.25) is 4.79 Å². The SMILES string of the molecule is COc1ccc(C=CC(=O)c2cccc(O)c2)cc1F. The summed E-state index contributed by atoms with van der Waals surface area (Å²) in [4.78, 5) is 11.9. The summed E-state index contributed by atoms with van der Waals surface area (Å²) in [5, 5.41) is 9.30. The second kappa shape index (κ2) is 6.02. The molecule has 0 unspecified atom stereocenters. The largest absolute Gasteiger partial charge is 0.508 e. The number of ether oxygens (including phenoxy) is 1. The maximum atomic E-state index is 13.5. The van der Waals surface area contributed by atoms with Crippen LogP contribution in [0.25, 0.3) is 6.08 Å². The fourth-order valence-electron chi connectivity index (χ4n) is 1.71. The number of allylic oxidation sites excluding steroid dienone is 1. The molecule has 3 nitrogen and oxygen atoms in total. The van der Waals surface area contributed by atoms with Crippen molar-refractivity contribution in [3.8, 4) is 11.5 Å². The van der Waals surface area contributed by atoms with Gasteiger partial charge >= 0.3 is 0 Å². The van der Waals surface area contributed by atoms with Crippen molar-refractivity contribution < 1.29 is 19.0 Å². The van der Waals surface area contributed by atoms with Crippen LogP contribution in [0.2, 0.25) is 0 Å². The van der Waals surface area contributed by atoms with Gasteiger partial charge in [-0.25, -0.2) is 4.39 Å². The van der Waals surface area contributed by atoms with Gasteiger partial charge in [-0.05, 0) is 35.9 Å². The van der Waals surface area contributed by atoms with Crippen LogP contribution in [-0.4, -0.2) is 18.0 Å². The van der Waals surface area contributed by atoms with Crippen LogP contribution in [0.3, 0.4) is 0 Å². The molecule has 2 rings (SSSR count). The summed E-state index contributed by atoms with van der Waals surface area (Å²) in [5.41, 5.74) is 0.923. The lowest BCUT2D eigenvalue weighted by atomic mass is 10.1. The van der Waals surface area contributed by atoms with Gasteiger partial charge in [0.25, 0.3) is 0 Å². The topological polar surface area (TPSA) is 46.5 Å². The molecule has 0 atom stereocenters. The third-order valence-corrected chi connectivity index (χ3v) is 2.73. The Balaban J connectivity index is 2.17. The van der Waals surface area contributed by atoms with E-state index in [1.54, 1.807) is 18.2 Å². The maximum Gasteiger partial charge on any atom is 0.185 e. The number of halogens is 1. The zero-order chi connectivity index (χ0) is 14.5. The highest BCUT2D eigenvalue weighted by atomic mass is 19.1. The third kappa shape index (κ3) is 3.23. The Kier molecular flexibility index (Phi) is 4.15. The lowest BCUT2D eigenvalue weighted by Crippen LogP contribution is -1.93. The summed E-state index contributed by atoms with van der Waals surface area (Å²) >= 11 is 0. The summed E-state index contributed by atoms with van der Waals surface area (Å²) in [6.07, 6.45) is 2.84. The predicted molar refractivity (Wildman–Crippen MR) is 74.4 cm³/mol. The van der Waals surface area contributed by atoms with E-state index in [1.807, 2.05) is 0 Å². The summed E-state index contributed by atoms with van der Waals surface area (Å²) in [7, 11) is 1.39. The van der Waals surface area contributed by atoms with Crippen LogP contribution in [0.15, 0.2) is 48.5 Å². The van der Waals surface area contributed by atoms with Crippen molar-refractivity contribution in [1.29, 1.82) is 0 Å². The molecule has 0 saturated heterocycles. The number of carbonyl (C=O) groups is 1. The monoisotopic (exact) mass is 272 g/mol. The number of aromatic hydroxyl groups is 1. The Hall–Kier alpha value is -2.62. The predicted octanol–water partition coefficient (Wildman–Crippen LogP) is 3.44. The Morgan fingerprint density at radius 3 is 2.70 bits per heavy atom. The number of ketones is 1. The van der Waals surface area contributed by atoms with Gasteiger partial charge in [0.1, 0.15) is 5.75 Å². The normalized spacial score (nSPS) is 10.7. The van der Waals surface area contributed by atoms with Crippen LogP contribution in [-0.2, 0) is 0 Å². The molecule has 20 heavy (non-hydrogen) atoms. The molecule has 0 bridgehead atoms. The molecule has 1 N–H and O–H groups in total. The van der Waals surface area contributed by atoms with E-state index in [9.17, 15) is 14.3 Å². The lowest BCUT2D eigenvalue weighted by Gasteiger charge is -2.02. The minimum absolute atomic E-state index is 0.0275. The lowest BCUT2D eigenvalue weighted by molar-refractivity contribution is 0.104. The van der Waals surface area contributed by atoms with E-state index < -0.39 is 5.82 Å². The number of hydrogen-bond acceptors (Lipinski definition) is 3. The molecule has 0 aliphatic carbocycles. The van der Waals surface area contributed by atoms with Crippen LogP contribution in [0.1, 0.15) is 15.9 Å². The zero-order valence-electron chi connectivity index (χ0n) is 10.8. The number of benzene rings is 2. The highest BCUT2D eigenvalue weighted by Gasteiger charge is 2.04. The van der Waals surface area contributed by atoms with E-state index in [1.165, 1.54) is 43.5 Å². The van der Waals surface area contributed by atoms with Crippen molar-refractivity contribution in [2.75, 3.05) is 7.11 Å². The van der Waals surface area contributed by atoms with E-state index in [0.29, 0.717) is 11.1 Å². The number of methoxy groups -OCH3 is 1. The Morgan fingerprint density at radius 2 is 2.05 bits per heavy atom. The van der Waals surface area contributed by atoms with Crippen LogP contribution in [0.5, 0.6) is 11.5 Å². The second-order valence-electron chi connectivity index (χ2n) is 4.14. The van der Waals surface area contributed by atoms with E-state index in [4.69, 9.17) is 4.74 Å². The molecule has 2 aromatic carbocycles. The minimum Gasteiger partial charge on any atom is -0.508 e. The molecule has 0 amide bonds. The number of rotatable bonds is 4. The second-order valence-corrected chi connectivity index (χ2v) is 4.14. The highest BCUT2D eigenvalue weighted by molar-refractivity contribution is 6.07. The molecule has 0 heterocycles. The molecule has 102 valence electrons. The van der Waals surface area contributed by atoms with Crippen molar-refractivity contribution in [2.45, 2.75) is 0 Å². The van der Waals surface area contributed by atoms with Gasteiger partial charge in [-0.15, -0.1) is 0 Å². The van der Waals surface area contributed by atoms with E-state index >= 15 is 0 Å². The Morgan fingerprint density at radius 1 is 1.25 bits per heavy atom. The minimum atomic E-state index is -0.487. The molecule has 2 aromatic rings. The number of phenolic OH excluding ortho intramolecular Hbond substituents is 1. The van der Waals surface area contributed by atoms with E-state index in [2.05, 4.69) is 0 Å². The quantitative estimate of drug-likeness (QED) is 0.685. The van der Waals surface area contributed by atoms with Crippen molar-refractivity contribution in [1.82, 2.24) is 0 Å². The fraction of sp³-hybridized carbons (Fsp3) is 0.0625. The average molecular weight is 272 g/mol. The first kappa shape index (κ1) is 13.8. The molecule has 0 radical (unpaired) electrons. The van der Waals surface area contributed by atoms with Crippen LogP contribution in [0.4, 0.5) is 4.39 Å². The van der Waals surface area contributed by atoms with Crippen molar-refractivity contribution in [3.63, 3.8) is 0 Å². The first-order chi connectivity index (χ1) is 9.60. The zero-order valence-corrected chi connectivity index (χ0v) is 10.8. The highest BCUT2D eigenvalue weighted by Crippen LogP contribution is 2.19. The van der Waals surface area contributed by atoms with Crippen molar-refractivity contribution >= 4 is 11.9 Å². The van der Waals surface area contributed by atoms with E-state index in [0.717, 1.165) is 0 Å². The first-order valence-corrected chi connectivity index (χ1v) is 5.95. The molecular formula is C16H13FO3. The molecular weight excluding hydrogens is 259 g/mol. The maximum absolute atomic E-state index is 13.5. The average Bonchev–Trinajstić information content (AvgIpc) is 2.45. The number of phenols is 1. The summed E-state index contributed by atoms with van der Waals surface area (Å²) in [5.74, 6) is -0.571. The van der Waals surface area contributed by atoms with Gasteiger partial charge < -0.3 is 9.84 Å². The number of hydrogen-bond donors (Lipinski definition) is 1. The summed E-state index contributed by atoms with van der Waals surface area (Å²) < 4.78 is 18.3. The van der Waals surface area contributed by atoms with Gasteiger partial charge in [0.05, 0.1) is 7.11 Å². The molecule has 0 aliphatic rings. The van der Waals surface area contributed by atoms with Gasteiger partial charge in [-0.1, -0.05) is 24.3 Å². The summed E-state index contributed by atoms with van der Waals surface area (Å²) in [6.45, 7) is 0. The molecule has 0 aromatic heterocycles. The van der Waals surface area contributed by atoms with Crippen molar-refractivity contribution in [3.05, 3.63) is 65.5 Å². The van der Waals surface area contributed by atoms with Crippen LogP contribution >= 0.6 is 0 Å². The van der Waals surface area contributed by atoms with E-state index in [-0.39, 0.29) is 17.3 Å². The number of carbonyl (C=O) groups excluding carboxylic acids is 1. The van der Waals surface area contributed by atoms with Gasteiger partial charge in [0.15, 0.2) is 17.3 Å². The molecule has 0 saturated carbocycles. The molecule has 4 heteroatoms. The van der Waals surface area contributed by atoms with Gasteiger partial charge in [-0.2, -0.15) is 0 Å². The standard InChI is InChI=1S/C16H13FO3/c1-20-16-8-6-11(9-14(16)17)5-7-15(19)12-3-2-4-13(18)10-12/h2-10,18H,1H3. The van der Waals surface area contributed by atoms with Crippen molar-refractivity contribution in [2.24, 2.45) is 0 Å². The van der Waals surface area contributed by atoms with Crippen LogP contribution in [0, 0.1) is 5.82 Å². The molecule has 0 fully saturated rings. The van der Waals surface area contributed by atoms with Gasteiger partial charge in [0, 0.05) is 5.56 Å². The Bertz CT molecular complexity index is 663. The van der Waals surface area contributed by atoms with Gasteiger partial charge in [0.2, 0.25) is 0 Å².